The predicted molar refractivity (Wildman–Crippen MR) is 84.2 cm³/mol. The molecule has 1 amide bonds. The van der Waals surface area contributed by atoms with Gasteiger partial charge in [-0.05, 0) is 30.5 Å². The molecule has 0 unspecified atom stereocenters. The molecule has 0 saturated carbocycles. The molecule has 0 spiro atoms. The third-order valence-corrected chi connectivity index (χ3v) is 4.07. The molecule has 1 N–H and O–H groups in total. The van der Waals surface area contributed by atoms with Crippen molar-refractivity contribution in [3.05, 3.63) is 52.7 Å². The van der Waals surface area contributed by atoms with Crippen LogP contribution in [0.1, 0.15) is 52.5 Å². The number of anilines is 1. The number of fused-ring (bicyclic) bond motifs is 1. The maximum atomic E-state index is 13.2. The van der Waals surface area contributed by atoms with E-state index >= 15 is 0 Å². The quantitative estimate of drug-likeness (QED) is 0.906. The van der Waals surface area contributed by atoms with E-state index in [0.29, 0.717) is 35.4 Å². The minimum atomic E-state index is -0.479. The SMILES string of the molecule is Cc1c(C(=O)Nc2cccc(F)c2)oc2c1C(=O)CC(C)(C)C2. The predicted octanol–water partition coefficient (Wildman–Crippen LogP) is 4.13. The fourth-order valence-corrected chi connectivity index (χ4v) is 3.05. The molecule has 5 heteroatoms. The Hall–Kier alpha value is -2.43. The Morgan fingerprint density at radius 3 is 2.74 bits per heavy atom. The zero-order valence-corrected chi connectivity index (χ0v) is 13.3. The van der Waals surface area contributed by atoms with Gasteiger partial charge in [0.05, 0.1) is 5.56 Å². The Bertz CT molecular complexity index is 805. The second kappa shape index (κ2) is 5.33. The van der Waals surface area contributed by atoms with Crippen molar-refractivity contribution in [3.63, 3.8) is 0 Å². The van der Waals surface area contributed by atoms with Gasteiger partial charge in [-0.15, -0.1) is 0 Å². The van der Waals surface area contributed by atoms with Crippen molar-refractivity contribution >= 4 is 17.4 Å². The molecule has 120 valence electrons. The van der Waals surface area contributed by atoms with Crippen molar-refractivity contribution in [1.29, 1.82) is 0 Å². The Morgan fingerprint density at radius 1 is 1.30 bits per heavy atom. The number of ketones is 1. The van der Waals surface area contributed by atoms with Crippen molar-refractivity contribution in [3.8, 4) is 0 Å². The van der Waals surface area contributed by atoms with Crippen LogP contribution < -0.4 is 5.32 Å². The van der Waals surface area contributed by atoms with Crippen LogP contribution in [-0.2, 0) is 6.42 Å². The fraction of sp³-hybridized carbons (Fsp3) is 0.333. The van der Waals surface area contributed by atoms with Gasteiger partial charge in [-0.1, -0.05) is 19.9 Å². The molecule has 0 aliphatic heterocycles. The van der Waals surface area contributed by atoms with Crippen LogP contribution in [0.15, 0.2) is 28.7 Å². The number of benzene rings is 1. The van der Waals surface area contributed by atoms with Gasteiger partial charge in [0.1, 0.15) is 11.6 Å². The molecule has 1 aromatic carbocycles. The lowest BCUT2D eigenvalue weighted by molar-refractivity contribution is 0.0898. The van der Waals surface area contributed by atoms with E-state index in [0.717, 1.165) is 0 Å². The van der Waals surface area contributed by atoms with Gasteiger partial charge >= 0.3 is 0 Å². The number of nitrogens with one attached hydrogen (secondary N) is 1. The first kappa shape index (κ1) is 15.5. The van der Waals surface area contributed by atoms with Crippen LogP contribution in [-0.4, -0.2) is 11.7 Å². The number of carbonyl (C=O) groups is 2. The summed E-state index contributed by atoms with van der Waals surface area (Å²) in [6, 6.07) is 5.63. The zero-order valence-electron chi connectivity index (χ0n) is 13.3. The van der Waals surface area contributed by atoms with Crippen molar-refractivity contribution in [2.24, 2.45) is 5.41 Å². The first-order valence-corrected chi connectivity index (χ1v) is 7.49. The van der Waals surface area contributed by atoms with Gasteiger partial charge in [0.25, 0.3) is 5.91 Å². The lowest BCUT2D eigenvalue weighted by Gasteiger charge is -2.27. The zero-order chi connectivity index (χ0) is 16.8. The second-order valence-electron chi connectivity index (χ2n) is 6.76. The van der Waals surface area contributed by atoms with Crippen LogP contribution in [0, 0.1) is 18.2 Å². The Kier molecular flexibility index (Phi) is 3.59. The average Bonchev–Trinajstić information content (AvgIpc) is 2.74. The van der Waals surface area contributed by atoms with Gasteiger partial charge in [0, 0.05) is 24.1 Å². The summed E-state index contributed by atoms with van der Waals surface area (Å²) in [4.78, 5) is 24.7. The number of carbonyl (C=O) groups excluding carboxylic acids is 2. The highest BCUT2D eigenvalue weighted by Crippen LogP contribution is 2.38. The van der Waals surface area contributed by atoms with Crippen LogP contribution in [0.5, 0.6) is 0 Å². The van der Waals surface area contributed by atoms with E-state index < -0.39 is 11.7 Å². The maximum absolute atomic E-state index is 13.2. The van der Waals surface area contributed by atoms with E-state index in [1.165, 1.54) is 18.2 Å². The lowest BCUT2D eigenvalue weighted by atomic mass is 9.76. The molecule has 1 aromatic heterocycles. The van der Waals surface area contributed by atoms with Crippen molar-refractivity contribution in [2.45, 2.75) is 33.6 Å². The largest absolute Gasteiger partial charge is 0.455 e. The van der Waals surface area contributed by atoms with Gasteiger partial charge in [-0.3, -0.25) is 9.59 Å². The van der Waals surface area contributed by atoms with Crippen molar-refractivity contribution < 1.29 is 18.4 Å². The number of amides is 1. The van der Waals surface area contributed by atoms with Gasteiger partial charge in [0.15, 0.2) is 11.5 Å². The first-order valence-electron chi connectivity index (χ1n) is 7.49. The highest BCUT2D eigenvalue weighted by Gasteiger charge is 2.37. The standard InChI is InChI=1S/C18H18FNO3/c1-10-15-13(21)8-18(2,3)9-14(15)23-16(10)17(22)20-12-6-4-5-11(19)7-12/h4-7H,8-9H2,1-3H3,(H,20,22). The molecule has 0 saturated heterocycles. The number of rotatable bonds is 2. The molecule has 1 aliphatic rings. The second-order valence-corrected chi connectivity index (χ2v) is 6.76. The summed E-state index contributed by atoms with van der Waals surface area (Å²) < 4.78 is 18.9. The van der Waals surface area contributed by atoms with Gasteiger partial charge < -0.3 is 9.73 Å². The van der Waals surface area contributed by atoms with E-state index in [2.05, 4.69) is 5.32 Å². The molecule has 1 aliphatic carbocycles. The minimum absolute atomic E-state index is 0.00213. The highest BCUT2D eigenvalue weighted by atomic mass is 19.1. The molecule has 2 aromatic rings. The Labute approximate surface area is 133 Å². The van der Waals surface area contributed by atoms with Gasteiger partial charge in [0.2, 0.25) is 0 Å². The number of furan rings is 1. The average molecular weight is 315 g/mol. The number of hydrogen-bond donors (Lipinski definition) is 1. The molecule has 0 atom stereocenters. The van der Waals surface area contributed by atoms with E-state index in [1.54, 1.807) is 13.0 Å². The summed E-state index contributed by atoms with van der Waals surface area (Å²) in [6.45, 7) is 5.70. The molecular formula is C18H18FNO3. The van der Waals surface area contributed by atoms with Crippen LogP contribution in [0.4, 0.5) is 10.1 Å². The molecule has 1 heterocycles. The number of halogens is 1. The first-order chi connectivity index (χ1) is 10.8. The maximum Gasteiger partial charge on any atom is 0.291 e. The number of hydrogen-bond acceptors (Lipinski definition) is 3. The summed E-state index contributed by atoms with van der Waals surface area (Å²) >= 11 is 0. The molecule has 0 fully saturated rings. The highest BCUT2D eigenvalue weighted by molar-refractivity contribution is 6.07. The monoisotopic (exact) mass is 315 g/mol. The van der Waals surface area contributed by atoms with Gasteiger partial charge in [-0.25, -0.2) is 4.39 Å². The fourth-order valence-electron chi connectivity index (χ4n) is 3.05. The van der Waals surface area contributed by atoms with Crippen LogP contribution in [0.3, 0.4) is 0 Å². The summed E-state index contributed by atoms with van der Waals surface area (Å²) in [5.41, 5.74) is 1.24. The lowest BCUT2D eigenvalue weighted by Crippen LogP contribution is -2.26. The molecule has 3 rings (SSSR count). The molecule has 0 bridgehead atoms. The molecular weight excluding hydrogens is 297 g/mol. The minimum Gasteiger partial charge on any atom is -0.455 e. The number of Topliss-reactive ketones (excluding diaryl/α,β-unsaturated/α-hetero) is 1. The van der Waals surface area contributed by atoms with Crippen LogP contribution >= 0.6 is 0 Å². The van der Waals surface area contributed by atoms with Crippen LogP contribution in [0.2, 0.25) is 0 Å². The summed E-state index contributed by atoms with van der Waals surface area (Å²) in [5, 5.41) is 2.60. The smallest absolute Gasteiger partial charge is 0.291 e. The Balaban J connectivity index is 1.92. The normalized spacial score (nSPS) is 16.1. The third kappa shape index (κ3) is 2.91. The van der Waals surface area contributed by atoms with E-state index in [4.69, 9.17) is 4.42 Å². The summed E-state index contributed by atoms with van der Waals surface area (Å²) in [5.74, 6) is -0.232. The molecule has 23 heavy (non-hydrogen) atoms. The van der Waals surface area contributed by atoms with Gasteiger partial charge in [-0.2, -0.15) is 0 Å². The topological polar surface area (TPSA) is 59.3 Å². The summed E-state index contributed by atoms with van der Waals surface area (Å²) in [7, 11) is 0. The van der Waals surface area contributed by atoms with E-state index in [1.807, 2.05) is 13.8 Å². The van der Waals surface area contributed by atoms with E-state index in [-0.39, 0.29) is 17.0 Å². The molecule has 4 nitrogen and oxygen atoms in total. The van der Waals surface area contributed by atoms with Crippen molar-refractivity contribution in [2.75, 3.05) is 5.32 Å². The third-order valence-electron chi connectivity index (χ3n) is 4.07. The Morgan fingerprint density at radius 2 is 2.04 bits per heavy atom. The molecule has 0 radical (unpaired) electrons. The summed E-state index contributed by atoms with van der Waals surface area (Å²) in [6.07, 6.45) is 1.05. The van der Waals surface area contributed by atoms with Crippen molar-refractivity contribution in [1.82, 2.24) is 0 Å². The van der Waals surface area contributed by atoms with Crippen LogP contribution in [0.25, 0.3) is 0 Å². The van der Waals surface area contributed by atoms with E-state index in [9.17, 15) is 14.0 Å².